The van der Waals surface area contributed by atoms with Crippen LogP contribution in [0.3, 0.4) is 0 Å². The minimum Gasteiger partial charge on any atom is -0.481 e. The second-order valence-electron chi connectivity index (χ2n) is 10.6. The summed E-state index contributed by atoms with van der Waals surface area (Å²) in [5, 5.41) is 19.0. The van der Waals surface area contributed by atoms with E-state index in [9.17, 15) is 19.5 Å². The Morgan fingerprint density at radius 2 is 1.91 bits per heavy atom. The number of thioether (sulfide) groups is 1. The lowest BCUT2D eigenvalue weighted by atomic mass is 9.66. The summed E-state index contributed by atoms with van der Waals surface area (Å²) in [6.45, 7) is 7.09. The van der Waals surface area contributed by atoms with Crippen LogP contribution in [0.4, 0.5) is 0 Å². The minimum atomic E-state index is -0.907. The van der Waals surface area contributed by atoms with E-state index in [2.05, 4.69) is 13.5 Å². The van der Waals surface area contributed by atoms with Crippen LogP contribution in [-0.2, 0) is 14.4 Å². The molecule has 190 valence electrons. The SMILES string of the molecule is C=CCN(C(=O)C1N(CCCCCCO)C(=O)[C@@H]2[C@H](C(=O)O)[C@@H]3CC(C)C12S3)C1CCCCC1. The molecule has 34 heavy (non-hydrogen) atoms. The van der Waals surface area contributed by atoms with E-state index in [1.807, 2.05) is 4.90 Å². The van der Waals surface area contributed by atoms with E-state index >= 15 is 0 Å². The summed E-state index contributed by atoms with van der Waals surface area (Å²) in [5.41, 5.74) is 0. The van der Waals surface area contributed by atoms with Gasteiger partial charge < -0.3 is 20.0 Å². The normalized spacial score (nSPS) is 34.9. The van der Waals surface area contributed by atoms with Crippen LogP contribution in [0.5, 0.6) is 0 Å². The zero-order valence-corrected chi connectivity index (χ0v) is 21.2. The van der Waals surface area contributed by atoms with E-state index in [-0.39, 0.29) is 35.6 Å². The predicted molar refractivity (Wildman–Crippen MR) is 132 cm³/mol. The molecule has 3 aliphatic heterocycles. The Bertz CT molecular complexity index is 800. The molecule has 3 saturated heterocycles. The van der Waals surface area contributed by atoms with Crippen molar-refractivity contribution in [1.29, 1.82) is 0 Å². The first-order chi connectivity index (χ1) is 16.4. The largest absolute Gasteiger partial charge is 0.481 e. The van der Waals surface area contributed by atoms with Crippen molar-refractivity contribution in [3.63, 3.8) is 0 Å². The molecular weight excluding hydrogens is 452 g/mol. The van der Waals surface area contributed by atoms with Crippen molar-refractivity contribution in [1.82, 2.24) is 9.80 Å². The number of fused-ring (bicyclic) bond motifs is 1. The number of carboxylic acids is 1. The molecule has 1 spiro atoms. The Labute approximate surface area is 207 Å². The van der Waals surface area contributed by atoms with Crippen LogP contribution in [0, 0.1) is 17.8 Å². The topological polar surface area (TPSA) is 98.2 Å². The van der Waals surface area contributed by atoms with Gasteiger partial charge in [-0.15, -0.1) is 18.3 Å². The molecule has 0 aromatic heterocycles. The zero-order valence-electron chi connectivity index (χ0n) is 20.4. The van der Waals surface area contributed by atoms with Crippen molar-refractivity contribution in [3.8, 4) is 0 Å². The van der Waals surface area contributed by atoms with Crippen molar-refractivity contribution >= 4 is 29.5 Å². The van der Waals surface area contributed by atoms with E-state index in [0.717, 1.165) is 57.8 Å². The van der Waals surface area contributed by atoms with Gasteiger partial charge in [0.15, 0.2) is 0 Å². The third-order valence-electron chi connectivity index (χ3n) is 8.70. The molecular formula is C26H40N2O5S. The molecule has 4 rings (SSSR count). The highest BCUT2D eigenvalue weighted by Gasteiger charge is 2.76. The molecule has 0 aromatic rings. The number of likely N-dealkylation sites (tertiary alicyclic amines) is 1. The molecule has 1 saturated carbocycles. The van der Waals surface area contributed by atoms with E-state index in [1.54, 1.807) is 22.7 Å². The highest BCUT2D eigenvalue weighted by Crippen LogP contribution is 2.68. The Kier molecular flexibility index (Phi) is 7.97. The Hall–Kier alpha value is -1.54. The molecule has 6 atom stereocenters. The van der Waals surface area contributed by atoms with Crippen molar-refractivity contribution < 1.29 is 24.6 Å². The molecule has 8 heteroatoms. The molecule has 2 N–H and O–H groups in total. The van der Waals surface area contributed by atoms with Gasteiger partial charge in [-0.1, -0.05) is 45.1 Å². The van der Waals surface area contributed by atoms with Crippen LogP contribution < -0.4 is 0 Å². The highest BCUT2D eigenvalue weighted by atomic mass is 32.2. The summed E-state index contributed by atoms with van der Waals surface area (Å²) in [4.78, 5) is 44.2. The number of unbranched alkanes of at least 4 members (excludes halogenated alkanes) is 3. The third kappa shape index (κ3) is 4.19. The number of nitrogens with zero attached hydrogens (tertiary/aromatic N) is 2. The Morgan fingerprint density at radius 1 is 1.21 bits per heavy atom. The number of hydrogen-bond donors (Lipinski definition) is 2. The molecule has 2 bridgehead atoms. The third-order valence-corrected chi connectivity index (χ3v) is 10.8. The smallest absolute Gasteiger partial charge is 0.308 e. The lowest BCUT2D eigenvalue weighted by Gasteiger charge is -2.43. The van der Waals surface area contributed by atoms with Gasteiger partial charge in [0, 0.05) is 31.0 Å². The number of rotatable bonds is 11. The van der Waals surface area contributed by atoms with Crippen LogP contribution >= 0.6 is 11.8 Å². The quantitative estimate of drug-likeness (QED) is 0.339. The lowest BCUT2D eigenvalue weighted by Crippen LogP contribution is -2.59. The number of aliphatic carboxylic acids is 1. The average molecular weight is 493 g/mol. The molecule has 7 nitrogen and oxygen atoms in total. The van der Waals surface area contributed by atoms with Gasteiger partial charge in [0.2, 0.25) is 11.8 Å². The molecule has 3 unspecified atom stereocenters. The van der Waals surface area contributed by atoms with Gasteiger partial charge >= 0.3 is 5.97 Å². The van der Waals surface area contributed by atoms with E-state index < -0.39 is 28.6 Å². The average Bonchev–Trinajstić information content (AvgIpc) is 3.41. The van der Waals surface area contributed by atoms with E-state index in [4.69, 9.17) is 5.11 Å². The fraction of sp³-hybridized carbons (Fsp3) is 0.808. The summed E-state index contributed by atoms with van der Waals surface area (Å²) in [6.07, 6.45) is 11.1. The first kappa shape index (κ1) is 25.5. The molecule has 0 radical (unpaired) electrons. The van der Waals surface area contributed by atoms with E-state index in [1.165, 1.54) is 6.42 Å². The molecule has 1 aliphatic carbocycles. The maximum absolute atomic E-state index is 14.4. The summed E-state index contributed by atoms with van der Waals surface area (Å²) in [6, 6.07) is -0.454. The number of amides is 2. The molecule has 2 amide bonds. The number of carbonyl (C=O) groups excluding carboxylic acids is 2. The highest BCUT2D eigenvalue weighted by molar-refractivity contribution is 8.02. The van der Waals surface area contributed by atoms with Gasteiger partial charge in [0.1, 0.15) is 6.04 Å². The van der Waals surface area contributed by atoms with Gasteiger partial charge in [0.25, 0.3) is 0 Å². The summed E-state index contributed by atoms with van der Waals surface area (Å²) < 4.78 is -0.666. The molecule has 4 fully saturated rings. The van der Waals surface area contributed by atoms with Crippen LogP contribution in [0.25, 0.3) is 0 Å². The van der Waals surface area contributed by atoms with Gasteiger partial charge in [-0.3, -0.25) is 14.4 Å². The van der Waals surface area contributed by atoms with Gasteiger partial charge in [-0.25, -0.2) is 0 Å². The van der Waals surface area contributed by atoms with Crippen molar-refractivity contribution in [2.24, 2.45) is 17.8 Å². The number of carboxylic acid groups (broad SMARTS) is 1. The number of aliphatic hydroxyl groups excluding tert-OH is 1. The summed E-state index contributed by atoms with van der Waals surface area (Å²) in [5.74, 6) is -2.30. The second kappa shape index (κ2) is 10.6. The lowest BCUT2D eigenvalue weighted by molar-refractivity contribution is -0.149. The first-order valence-corrected chi connectivity index (χ1v) is 14.0. The predicted octanol–water partition coefficient (Wildman–Crippen LogP) is 3.31. The van der Waals surface area contributed by atoms with Crippen molar-refractivity contribution in [2.75, 3.05) is 19.7 Å². The summed E-state index contributed by atoms with van der Waals surface area (Å²) >= 11 is 1.62. The van der Waals surface area contributed by atoms with Crippen LogP contribution in [0.15, 0.2) is 12.7 Å². The fourth-order valence-corrected chi connectivity index (χ4v) is 9.59. The molecule has 3 heterocycles. The van der Waals surface area contributed by atoms with Gasteiger partial charge in [0.05, 0.1) is 16.6 Å². The number of hydrogen-bond acceptors (Lipinski definition) is 5. The monoisotopic (exact) mass is 492 g/mol. The minimum absolute atomic E-state index is 0.0101. The zero-order chi connectivity index (χ0) is 24.5. The van der Waals surface area contributed by atoms with Crippen LogP contribution in [0.1, 0.15) is 71.1 Å². The van der Waals surface area contributed by atoms with Crippen molar-refractivity contribution in [3.05, 3.63) is 12.7 Å². The van der Waals surface area contributed by atoms with Crippen LogP contribution in [-0.4, -0.2) is 79.6 Å². The maximum atomic E-state index is 14.4. The fourth-order valence-electron chi connectivity index (χ4n) is 7.18. The number of aliphatic hydroxyl groups is 1. The Morgan fingerprint density at radius 3 is 2.56 bits per heavy atom. The van der Waals surface area contributed by atoms with Gasteiger partial charge in [-0.05, 0) is 38.0 Å². The van der Waals surface area contributed by atoms with E-state index in [0.29, 0.717) is 13.1 Å². The standard InChI is InChI=1S/C26H40N2O5S/c1-3-13-27(18-11-7-6-8-12-18)24(31)22-26-17(2)16-19(34-26)20(25(32)33)21(26)23(30)28(22)14-9-4-5-10-15-29/h3,17-22,29H,1,4-16H2,2H3,(H,32,33)/t17?,19-,20+,21-,22?,26?/m0/s1. The maximum Gasteiger partial charge on any atom is 0.308 e. The first-order valence-electron chi connectivity index (χ1n) is 13.1. The molecule has 4 aliphatic rings. The molecule has 0 aromatic carbocycles. The Balaban J connectivity index is 1.67. The van der Waals surface area contributed by atoms with Gasteiger partial charge in [-0.2, -0.15) is 0 Å². The second-order valence-corrected chi connectivity index (χ2v) is 12.2. The summed E-state index contributed by atoms with van der Waals surface area (Å²) in [7, 11) is 0. The van der Waals surface area contributed by atoms with Crippen molar-refractivity contribution in [2.45, 2.75) is 93.2 Å². The van der Waals surface area contributed by atoms with Crippen LogP contribution in [0.2, 0.25) is 0 Å². The number of carbonyl (C=O) groups is 3.